The number of carbonyl (C=O) groups is 1. The molecule has 0 saturated carbocycles. The van der Waals surface area contributed by atoms with Crippen molar-refractivity contribution in [2.45, 2.75) is 12.2 Å². The first-order valence-corrected chi connectivity index (χ1v) is 7.31. The second-order valence-corrected chi connectivity index (χ2v) is 5.45. The van der Waals surface area contributed by atoms with Crippen molar-refractivity contribution in [3.63, 3.8) is 0 Å². The Labute approximate surface area is 140 Å². The summed E-state index contributed by atoms with van der Waals surface area (Å²) in [5, 5.41) is 9.51. The molecule has 2 aromatic heterocycles. The second kappa shape index (κ2) is 6.42. The molecule has 0 spiro atoms. The van der Waals surface area contributed by atoms with Gasteiger partial charge in [0.25, 0.3) is 5.91 Å². The quantitative estimate of drug-likeness (QED) is 0.788. The van der Waals surface area contributed by atoms with Gasteiger partial charge in [-0.25, -0.2) is 4.68 Å². The van der Waals surface area contributed by atoms with Crippen LogP contribution in [0.25, 0.3) is 5.69 Å². The largest absolute Gasteiger partial charge is 0.412 e. The molecule has 0 bridgehead atoms. The topological polar surface area (TPSA) is 64.7 Å². The van der Waals surface area contributed by atoms with E-state index >= 15 is 0 Å². The van der Waals surface area contributed by atoms with E-state index in [1.807, 2.05) is 5.32 Å². The maximum absolute atomic E-state index is 13.3. The molecule has 130 valence electrons. The molecule has 0 aliphatic rings. The summed E-state index contributed by atoms with van der Waals surface area (Å²) in [5.41, 5.74) is 0.737. The number of amides is 1. The number of alkyl halides is 3. The SMILES string of the molecule is Cn1ccc(C(NC(=O)c2ccc(-n3ccnn3)cc2)C(F)(F)F)c1. The summed E-state index contributed by atoms with van der Waals surface area (Å²) in [7, 11) is 1.61. The smallest absolute Gasteiger partial charge is 0.357 e. The van der Waals surface area contributed by atoms with Gasteiger partial charge in [-0.3, -0.25) is 4.79 Å². The van der Waals surface area contributed by atoms with Crippen LogP contribution in [0.3, 0.4) is 0 Å². The van der Waals surface area contributed by atoms with Gasteiger partial charge in [0.1, 0.15) is 0 Å². The lowest BCUT2D eigenvalue weighted by Crippen LogP contribution is -2.38. The first-order chi connectivity index (χ1) is 11.8. The molecule has 0 aliphatic carbocycles. The summed E-state index contributed by atoms with van der Waals surface area (Å²) < 4.78 is 42.9. The molecule has 2 heterocycles. The summed E-state index contributed by atoms with van der Waals surface area (Å²) in [4.78, 5) is 12.2. The zero-order valence-electron chi connectivity index (χ0n) is 13.1. The molecule has 3 rings (SSSR count). The zero-order valence-corrected chi connectivity index (χ0v) is 13.1. The lowest BCUT2D eigenvalue weighted by Gasteiger charge is -2.21. The Morgan fingerprint density at radius 2 is 1.88 bits per heavy atom. The van der Waals surface area contributed by atoms with Gasteiger partial charge in [-0.2, -0.15) is 13.2 Å². The van der Waals surface area contributed by atoms with Crippen LogP contribution in [0.2, 0.25) is 0 Å². The number of hydrogen-bond donors (Lipinski definition) is 1. The van der Waals surface area contributed by atoms with Crippen LogP contribution in [-0.4, -0.2) is 31.6 Å². The number of aryl methyl sites for hydroxylation is 1. The van der Waals surface area contributed by atoms with E-state index in [1.165, 1.54) is 46.0 Å². The molecule has 9 heteroatoms. The van der Waals surface area contributed by atoms with Gasteiger partial charge in [0.15, 0.2) is 6.04 Å². The van der Waals surface area contributed by atoms with Gasteiger partial charge < -0.3 is 9.88 Å². The Hall–Kier alpha value is -3.10. The Kier molecular flexibility index (Phi) is 4.30. The third-order valence-electron chi connectivity index (χ3n) is 3.61. The van der Waals surface area contributed by atoms with Crippen LogP contribution in [-0.2, 0) is 7.05 Å². The number of carbonyl (C=O) groups excluding carboxylic acids is 1. The Morgan fingerprint density at radius 3 is 2.40 bits per heavy atom. The van der Waals surface area contributed by atoms with Gasteiger partial charge in [-0.05, 0) is 30.3 Å². The van der Waals surface area contributed by atoms with E-state index in [-0.39, 0.29) is 11.1 Å². The highest BCUT2D eigenvalue weighted by atomic mass is 19.4. The number of halogens is 3. The molecular formula is C16H14F3N5O. The van der Waals surface area contributed by atoms with E-state index < -0.39 is 18.1 Å². The summed E-state index contributed by atoms with van der Waals surface area (Å²) in [6, 6.07) is 5.28. The molecule has 3 aromatic rings. The van der Waals surface area contributed by atoms with Crippen LogP contribution in [0.15, 0.2) is 55.1 Å². The molecule has 0 aliphatic heterocycles. The van der Waals surface area contributed by atoms with Gasteiger partial charge in [0.2, 0.25) is 0 Å². The molecule has 1 atom stereocenters. The van der Waals surface area contributed by atoms with Crippen LogP contribution in [0.1, 0.15) is 22.0 Å². The Balaban J connectivity index is 1.79. The monoisotopic (exact) mass is 349 g/mol. The normalized spacial score (nSPS) is 12.8. The van der Waals surface area contributed by atoms with Crippen LogP contribution >= 0.6 is 0 Å². The molecule has 1 unspecified atom stereocenters. The summed E-state index contributed by atoms with van der Waals surface area (Å²) in [5.74, 6) is -0.809. The lowest BCUT2D eigenvalue weighted by atomic mass is 10.1. The van der Waals surface area contributed by atoms with E-state index in [9.17, 15) is 18.0 Å². The number of hydrogen-bond acceptors (Lipinski definition) is 3. The zero-order chi connectivity index (χ0) is 18.0. The Bertz CT molecular complexity index is 853. The molecular weight excluding hydrogens is 335 g/mol. The molecule has 1 aromatic carbocycles. The van der Waals surface area contributed by atoms with Crippen molar-refractivity contribution in [2.75, 3.05) is 0 Å². The van der Waals surface area contributed by atoms with E-state index in [4.69, 9.17) is 0 Å². The fraction of sp³-hybridized carbons (Fsp3) is 0.188. The highest BCUT2D eigenvalue weighted by molar-refractivity contribution is 5.94. The van der Waals surface area contributed by atoms with Gasteiger partial charge in [-0.15, -0.1) is 5.10 Å². The molecule has 1 amide bonds. The fourth-order valence-electron chi connectivity index (χ4n) is 2.38. The van der Waals surface area contributed by atoms with Crippen molar-refractivity contribution in [2.24, 2.45) is 7.05 Å². The minimum atomic E-state index is -4.60. The average Bonchev–Trinajstić information content (AvgIpc) is 3.23. The third kappa shape index (κ3) is 3.70. The Morgan fingerprint density at radius 1 is 1.16 bits per heavy atom. The van der Waals surface area contributed by atoms with E-state index in [0.29, 0.717) is 5.69 Å². The van der Waals surface area contributed by atoms with Crippen molar-refractivity contribution >= 4 is 5.91 Å². The van der Waals surface area contributed by atoms with Crippen LogP contribution in [0, 0.1) is 0 Å². The maximum Gasteiger partial charge on any atom is 0.412 e. The summed E-state index contributed by atoms with van der Waals surface area (Å²) in [6.07, 6.45) is 1.33. The van der Waals surface area contributed by atoms with Gasteiger partial charge in [0.05, 0.1) is 18.1 Å². The van der Waals surface area contributed by atoms with Crippen LogP contribution in [0.5, 0.6) is 0 Å². The second-order valence-electron chi connectivity index (χ2n) is 5.45. The van der Waals surface area contributed by atoms with Crippen molar-refractivity contribution < 1.29 is 18.0 Å². The summed E-state index contributed by atoms with van der Waals surface area (Å²) in [6.45, 7) is 0. The molecule has 6 nitrogen and oxygen atoms in total. The number of aromatic nitrogens is 4. The predicted octanol–water partition coefficient (Wildman–Crippen LogP) is 2.64. The highest BCUT2D eigenvalue weighted by Crippen LogP contribution is 2.33. The van der Waals surface area contributed by atoms with Crippen molar-refractivity contribution in [1.82, 2.24) is 24.9 Å². The minimum Gasteiger partial charge on any atom is -0.357 e. The minimum absolute atomic E-state index is 0.0254. The van der Waals surface area contributed by atoms with Gasteiger partial charge in [-0.1, -0.05) is 5.21 Å². The summed E-state index contributed by atoms with van der Waals surface area (Å²) >= 11 is 0. The van der Waals surface area contributed by atoms with Crippen LogP contribution in [0.4, 0.5) is 13.2 Å². The van der Waals surface area contributed by atoms with E-state index in [1.54, 1.807) is 25.4 Å². The molecule has 25 heavy (non-hydrogen) atoms. The highest BCUT2D eigenvalue weighted by Gasteiger charge is 2.42. The number of rotatable bonds is 4. The first kappa shape index (κ1) is 16.7. The molecule has 0 fully saturated rings. The van der Waals surface area contributed by atoms with E-state index in [0.717, 1.165) is 0 Å². The fourth-order valence-corrected chi connectivity index (χ4v) is 2.38. The lowest BCUT2D eigenvalue weighted by molar-refractivity contribution is -0.155. The van der Waals surface area contributed by atoms with Gasteiger partial charge in [0, 0.05) is 30.6 Å². The van der Waals surface area contributed by atoms with Crippen molar-refractivity contribution in [1.29, 1.82) is 0 Å². The number of benzene rings is 1. The number of nitrogens with zero attached hydrogens (tertiary/aromatic N) is 4. The average molecular weight is 349 g/mol. The van der Waals surface area contributed by atoms with Crippen molar-refractivity contribution in [3.05, 3.63) is 66.2 Å². The first-order valence-electron chi connectivity index (χ1n) is 7.31. The third-order valence-corrected chi connectivity index (χ3v) is 3.61. The predicted molar refractivity (Wildman–Crippen MR) is 83.0 cm³/mol. The van der Waals surface area contributed by atoms with Gasteiger partial charge >= 0.3 is 6.18 Å². The maximum atomic E-state index is 13.3. The molecule has 0 radical (unpaired) electrons. The van der Waals surface area contributed by atoms with E-state index in [2.05, 4.69) is 10.3 Å². The molecule has 1 N–H and O–H groups in total. The van der Waals surface area contributed by atoms with Crippen molar-refractivity contribution in [3.8, 4) is 5.69 Å². The van der Waals surface area contributed by atoms with Crippen LogP contribution < -0.4 is 5.32 Å². The molecule has 0 saturated heterocycles. The standard InChI is InChI=1S/C16H14F3N5O/c1-23-8-6-12(10-23)14(16(17,18)19)21-15(25)11-2-4-13(5-3-11)24-9-7-20-22-24/h2-10,14H,1H3,(H,21,25). The number of nitrogens with one attached hydrogen (secondary N) is 1.